The Morgan fingerprint density at radius 3 is 1.75 bits per heavy atom. The Hall–Kier alpha value is -8.13. The van der Waals surface area contributed by atoms with E-state index in [9.17, 15) is 43.5 Å². The molecule has 0 fully saturated rings. The van der Waals surface area contributed by atoms with Crippen LogP contribution in [0, 0.1) is 0 Å². The minimum Gasteiger partial charge on any atom is -0.480 e. The maximum atomic E-state index is 13.9. The highest BCUT2D eigenvalue weighted by atomic mass is 16.6. The number of likely N-dealkylation sites (N-methyl/N-ethyl adjacent to an activating group) is 1. The first-order valence-corrected chi connectivity index (χ1v) is 21.6. The molecule has 0 aliphatic heterocycles. The number of benzene rings is 4. The third-order valence-electron chi connectivity index (χ3n) is 9.94. The van der Waals surface area contributed by atoms with E-state index in [0.717, 1.165) is 10.5 Å². The number of aliphatic imine (C=N–C) groups is 1. The lowest BCUT2D eigenvalue weighted by Crippen LogP contribution is -2.54. The summed E-state index contributed by atoms with van der Waals surface area (Å²) in [6.45, 7) is 0.644. The largest absolute Gasteiger partial charge is 0.480 e. The van der Waals surface area contributed by atoms with Crippen LogP contribution in [-0.4, -0.2) is 102 Å². The van der Waals surface area contributed by atoms with Gasteiger partial charge in [-0.05, 0) is 53.6 Å². The van der Waals surface area contributed by atoms with Gasteiger partial charge in [-0.15, -0.1) is 0 Å². The van der Waals surface area contributed by atoms with Crippen molar-refractivity contribution in [3.8, 4) is 0 Å². The number of amides is 6. The molecule has 0 saturated heterocycles. The molecule has 0 radical (unpaired) electrons. The van der Waals surface area contributed by atoms with Crippen LogP contribution in [0.2, 0.25) is 0 Å². The number of hydrogen-bond acceptors (Lipinski definition) is 13. The monoisotopic (exact) mass is 936 g/mol. The molecule has 0 unspecified atom stereocenters. The molecule has 68 heavy (non-hydrogen) atoms. The van der Waals surface area contributed by atoms with Crippen molar-refractivity contribution < 1.29 is 57.7 Å². The van der Waals surface area contributed by atoms with Gasteiger partial charge in [0.25, 0.3) is 5.91 Å². The van der Waals surface area contributed by atoms with Gasteiger partial charge in [-0.2, -0.15) is 0 Å². The molecular formula is C48H56N8O12. The number of ether oxygens (including phenoxy) is 3. The predicted molar refractivity (Wildman–Crippen MR) is 247 cm³/mol. The van der Waals surface area contributed by atoms with Crippen molar-refractivity contribution in [3.05, 3.63) is 143 Å². The summed E-state index contributed by atoms with van der Waals surface area (Å²) in [7, 11) is 1.34. The van der Waals surface area contributed by atoms with Gasteiger partial charge in [0.2, 0.25) is 23.7 Å². The van der Waals surface area contributed by atoms with Crippen LogP contribution >= 0.6 is 0 Å². The SMILES string of the molecule is CC[C@@H](NC(=O)c1cccc(CNC(=O)[C@@H](N)CC(=O)OCc2ccccc2)c1)C(=O)N(C)[C@@H](CCCN=C(NC(=O)OCc1ccccc1)NC(=O)OCc1ccccc1)C(=O)NCC(=O)O. The summed E-state index contributed by atoms with van der Waals surface area (Å²) >= 11 is 0. The molecule has 0 aliphatic rings. The number of esters is 1. The van der Waals surface area contributed by atoms with Crippen LogP contribution in [0.25, 0.3) is 0 Å². The zero-order chi connectivity index (χ0) is 49.3. The molecule has 4 aromatic carbocycles. The number of carboxylic acids is 1. The maximum absolute atomic E-state index is 13.9. The van der Waals surface area contributed by atoms with Gasteiger partial charge < -0.3 is 45.9 Å². The van der Waals surface area contributed by atoms with Crippen LogP contribution in [0.3, 0.4) is 0 Å². The molecule has 4 aromatic rings. The molecule has 3 atom stereocenters. The number of nitrogens with zero attached hydrogens (tertiary/aromatic N) is 2. The molecule has 0 spiro atoms. The molecule has 0 saturated carbocycles. The quantitative estimate of drug-likeness (QED) is 0.0185. The Balaban J connectivity index is 1.36. The first kappa shape index (κ1) is 52.5. The highest BCUT2D eigenvalue weighted by molar-refractivity contribution is 6.01. The summed E-state index contributed by atoms with van der Waals surface area (Å²) in [6.07, 6.45) is -2.12. The Labute approximate surface area is 393 Å². The number of carboxylic acid groups (broad SMARTS) is 1. The van der Waals surface area contributed by atoms with Gasteiger partial charge in [0.15, 0.2) is 0 Å². The number of hydrogen-bond donors (Lipinski definition) is 7. The van der Waals surface area contributed by atoms with E-state index in [1.165, 1.54) is 19.2 Å². The van der Waals surface area contributed by atoms with E-state index >= 15 is 0 Å². The molecule has 0 heterocycles. The molecule has 20 heteroatoms. The first-order valence-electron chi connectivity index (χ1n) is 21.6. The second-order valence-electron chi connectivity index (χ2n) is 15.1. The zero-order valence-electron chi connectivity index (χ0n) is 37.7. The average molecular weight is 937 g/mol. The highest BCUT2D eigenvalue weighted by Crippen LogP contribution is 2.13. The maximum Gasteiger partial charge on any atom is 0.414 e. The summed E-state index contributed by atoms with van der Waals surface area (Å²) in [5.74, 6) is -4.99. The number of nitrogens with one attached hydrogen (secondary N) is 5. The van der Waals surface area contributed by atoms with E-state index in [-0.39, 0.29) is 70.1 Å². The lowest BCUT2D eigenvalue weighted by atomic mass is 10.1. The molecule has 4 rings (SSSR count). The summed E-state index contributed by atoms with van der Waals surface area (Å²) in [5.41, 5.74) is 8.81. The third-order valence-corrected chi connectivity index (χ3v) is 9.94. The fraction of sp³-hybridized carbons (Fsp3) is 0.312. The second kappa shape index (κ2) is 28.0. The number of guanidine groups is 1. The third kappa shape index (κ3) is 18.8. The number of alkyl carbamates (subject to hydrolysis) is 2. The van der Waals surface area contributed by atoms with E-state index in [0.29, 0.717) is 16.7 Å². The van der Waals surface area contributed by atoms with Gasteiger partial charge in [0, 0.05) is 25.7 Å². The Kier molecular flexibility index (Phi) is 21.6. The van der Waals surface area contributed by atoms with E-state index < -0.39 is 72.4 Å². The molecule has 360 valence electrons. The van der Waals surface area contributed by atoms with E-state index in [1.54, 1.807) is 104 Å². The summed E-state index contributed by atoms with van der Waals surface area (Å²) < 4.78 is 15.7. The summed E-state index contributed by atoms with van der Waals surface area (Å²) in [5, 5.41) is 21.6. The first-order chi connectivity index (χ1) is 32.7. The van der Waals surface area contributed by atoms with Gasteiger partial charge in [-0.1, -0.05) is 110 Å². The van der Waals surface area contributed by atoms with E-state index in [2.05, 4.69) is 31.6 Å². The minimum absolute atomic E-state index is 0.0346. The van der Waals surface area contributed by atoms with E-state index in [4.69, 9.17) is 19.9 Å². The van der Waals surface area contributed by atoms with Crippen molar-refractivity contribution in [2.24, 2.45) is 10.7 Å². The standard InChI is InChI=1S/C48H56N8O12/c1-3-38(53-42(60)36-22-13-21-35(25-36)27-51-43(61)37(49)26-41(59)66-29-32-15-7-4-8-16-32)45(63)56(2)39(44(62)52-28-40(57)58)23-14-24-50-46(54-47(64)67-30-33-17-9-5-10-18-33)55-48(65)68-31-34-19-11-6-12-20-34/h4-13,15-22,25,37-39H,3,14,23-24,26-31,49H2,1-2H3,(H,51,61)(H,52,62)(H,53,60)(H,57,58)(H2,50,54,55,64,65)/t37-,38+,39-/m0/s1. The summed E-state index contributed by atoms with van der Waals surface area (Å²) in [6, 6.07) is 29.4. The fourth-order valence-corrected chi connectivity index (χ4v) is 6.27. The van der Waals surface area contributed by atoms with Crippen molar-refractivity contribution in [1.29, 1.82) is 0 Å². The molecule has 0 bridgehead atoms. The van der Waals surface area contributed by atoms with Crippen LogP contribution in [0.1, 0.15) is 65.2 Å². The lowest BCUT2D eigenvalue weighted by molar-refractivity contribution is -0.146. The minimum atomic E-state index is -1.32. The van der Waals surface area contributed by atoms with Gasteiger partial charge >= 0.3 is 24.1 Å². The topological polar surface area (TPSA) is 286 Å². The van der Waals surface area contributed by atoms with Crippen LogP contribution in [0.5, 0.6) is 0 Å². The zero-order valence-corrected chi connectivity index (χ0v) is 37.7. The summed E-state index contributed by atoms with van der Waals surface area (Å²) in [4.78, 5) is 108. The van der Waals surface area contributed by atoms with Crippen molar-refractivity contribution in [2.45, 2.75) is 77.1 Å². The van der Waals surface area contributed by atoms with E-state index in [1.807, 2.05) is 6.07 Å². The number of rotatable bonds is 23. The van der Waals surface area contributed by atoms with Gasteiger partial charge in [-0.3, -0.25) is 44.4 Å². The molecular weight excluding hydrogens is 881 g/mol. The average Bonchev–Trinajstić information content (AvgIpc) is 3.35. The Bertz CT molecular complexity index is 2290. The number of nitrogens with two attached hydrogens (primary N) is 1. The van der Waals surface area contributed by atoms with Gasteiger partial charge in [-0.25, -0.2) is 9.59 Å². The molecule has 8 N–H and O–H groups in total. The number of carbonyl (C=O) groups excluding carboxylic acids is 7. The number of carbonyl (C=O) groups is 8. The fourth-order valence-electron chi connectivity index (χ4n) is 6.27. The van der Waals surface area contributed by atoms with Crippen LogP contribution in [0.15, 0.2) is 120 Å². The normalized spacial score (nSPS) is 11.8. The second-order valence-corrected chi connectivity index (χ2v) is 15.1. The highest BCUT2D eigenvalue weighted by Gasteiger charge is 2.32. The smallest absolute Gasteiger partial charge is 0.414 e. The molecule has 20 nitrogen and oxygen atoms in total. The molecule has 0 aliphatic carbocycles. The van der Waals surface area contributed by atoms with Crippen molar-refractivity contribution in [3.63, 3.8) is 0 Å². The van der Waals surface area contributed by atoms with Crippen molar-refractivity contribution >= 4 is 53.7 Å². The van der Waals surface area contributed by atoms with Crippen molar-refractivity contribution in [1.82, 2.24) is 31.5 Å². The predicted octanol–water partition coefficient (Wildman–Crippen LogP) is 3.29. The van der Waals surface area contributed by atoms with Crippen molar-refractivity contribution in [2.75, 3.05) is 20.1 Å². The lowest BCUT2D eigenvalue weighted by Gasteiger charge is -2.30. The van der Waals surface area contributed by atoms with Crippen LogP contribution in [0.4, 0.5) is 9.59 Å². The Morgan fingerprint density at radius 2 is 1.22 bits per heavy atom. The van der Waals surface area contributed by atoms with Gasteiger partial charge in [0.05, 0.1) is 12.5 Å². The molecule has 6 amide bonds. The number of aliphatic carboxylic acids is 1. The molecule has 0 aromatic heterocycles. The Morgan fingerprint density at radius 1 is 0.691 bits per heavy atom. The van der Waals surface area contributed by atoms with Crippen LogP contribution < -0.4 is 32.3 Å². The van der Waals surface area contributed by atoms with Crippen LogP contribution in [-0.2, 0) is 64.5 Å². The van der Waals surface area contributed by atoms with Gasteiger partial charge in [0.1, 0.15) is 38.4 Å².